The zero-order valence-electron chi connectivity index (χ0n) is 11.3. The minimum atomic E-state index is -0.241. The van der Waals surface area contributed by atoms with Crippen LogP contribution in [0.15, 0.2) is 18.2 Å². The molecule has 4 nitrogen and oxygen atoms in total. The van der Waals surface area contributed by atoms with Gasteiger partial charge in [0, 0.05) is 6.54 Å². The Balaban J connectivity index is 1.88. The third kappa shape index (κ3) is 3.63. The van der Waals surface area contributed by atoms with Crippen LogP contribution in [0, 0.1) is 5.92 Å². The van der Waals surface area contributed by atoms with E-state index in [1.165, 1.54) is 38.9 Å². The van der Waals surface area contributed by atoms with Gasteiger partial charge in [-0.15, -0.1) is 0 Å². The number of nitrogens with one attached hydrogen (secondary N) is 1. The van der Waals surface area contributed by atoms with Crippen LogP contribution < -0.4 is 10.1 Å². The quantitative estimate of drug-likeness (QED) is 0.858. The van der Waals surface area contributed by atoms with Crippen molar-refractivity contribution in [1.82, 2.24) is 5.32 Å². The second kappa shape index (κ2) is 6.45. The van der Waals surface area contributed by atoms with Gasteiger partial charge in [0.25, 0.3) is 5.91 Å². The molecule has 1 aromatic rings. The fourth-order valence-corrected chi connectivity index (χ4v) is 2.61. The first-order chi connectivity index (χ1) is 9.20. The average Bonchev–Trinajstić information content (AvgIpc) is 2.92. The van der Waals surface area contributed by atoms with Crippen LogP contribution in [0.4, 0.5) is 0 Å². The first kappa shape index (κ1) is 13.7. The standard InChI is InChI=1S/C15H21NO3/c1-19-12-6-7-14(17)13(10-12)15(18)16-9-8-11-4-2-3-5-11/h6-7,10-11,17H,2-5,8-9H2,1H3,(H,16,18). The van der Waals surface area contributed by atoms with Gasteiger partial charge in [0.15, 0.2) is 0 Å². The van der Waals surface area contributed by atoms with E-state index in [0.717, 1.165) is 12.3 Å². The summed E-state index contributed by atoms with van der Waals surface area (Å²) in [6.07, 6.45) is 6.21. The second-order valence-electron chi connectivity index (χ2n) is 5.08. The van der Waals surface area contributed by atoms with Crippen LogP contribution >= 0.6 is 0 Å². The smallest absolute Gasteiger partial charge is 0.255 e. The number of carbonyl (C=O) groups is 1. The van der Waals surface area contributed by atoms with E-state index >= 15 is 0 Å². The zero-order chi connectivity index (χ0) is 13.7. The molecule has 1 fully saturated rings. The van der Waals surface area contributed by atoms with E-state index in [0.29, 0.717) is 12.3 Å². The van der Waals surface area contributed by atoms with Gasteiger partial charge in [0.1, 0.15) is 11.5 Å². The van der Waals surface area contributed by atoms with Crippen molar-refractivity contribution in [2.45, 2.75) is 32.1 Å². The van der Waals surface area contributed by atoms with E-state index < -0.39 is 0 Å². The Morgan fingerprint density at radius 3 is 2.84 bits per heavy atom. The third-order valence-corrected chi connectivity index (χ3v) is 3.76. The van der Waals surface area contributed by atoms with Gasteiger partial charge in [-0.05, 0) is 30.5 Å². The van der Waals surface area contributed by atoms with Crippen molar-refractivity contribution in [3.05, 3.63) is 23.8 Å². The van der Waals surface area contributed by atoms with Gasteiger partial charge in [-0.2, -0.15) is 0 Å². The predicted molar refractivity (Wildman–Crippen MR) is 73.6 cm³/mol. The van der Waals surface area contributed by atoms with E-state index in [9.17, 15) is 9.90 Å². The molecule has 1 amide bonds. The molecule has 2 rings (SSSR count). The van der Waals surface area contributed by atoms with Gasteiger partial charge in [-0.25, -0.2) is 0 Å². The average molecular weight is 263 g/mol. The number of rotatable bonds is 5. The Hall–Kier alpha value is -1.71. The number of hydrogen-bond acceptors (Lipinski definition) is 3. The molecule has 0 atom stereocenters. The van der Waals surface area contributed by atoms with Crippen molar-refractivity contribution in [3.63, 3.8) is 0 Å². The number of carbonyl (C=O) groups excluding carboxylic acids is 1. The van der Waals surface area contributed by atoms with Gasteiger partial charge in [-0.3, -0.25) is 4.79 Å². The van der Waals surface area contributed by atoms with Crippen molar-refractivity contribution in [2.24, 2.45) is 5.92 Å². The number of phenols is 1. The molecule has 1 aliphatic rings. The highest BCUT2D eigenvalue weighted by Gasteiger charge is 2.16. The van der Waals surface area contributed by atoms with Crippen LogP contribution in [0.3, 0.4) is 0 Å². The fourth-order valence-electron chi connectivity index (χ4n) is 2.61. The minimum absolute atomic E-state index is 0.0147. The van der Waals surface area contributed by atoms with Crippen molar-refractivity contribution < 1.29 is 14.6 Å². The molecular formula is C15H21NO3. The topological polar surface area (TPSA) is 58.6 Å². The molecule has 19 heavy (non-hydrogen) atoms. The number of phenolic OH excluding ortho intramolecular Hbond substituents is 1. The maximum atomic E-state index is 12.0. The molecule has 1 aliphatic carbocycles. The number of amides is 1. The number of benzene rings is 1. The predicted octanol–water partition coefficient (Wildman–Crippen LogP) is 2.71. The molecule has 1 saturated carbocycles. The summed E-state index contributed by atoms with van der Waals surface area (Å²) < 4.78 is 5.05. The van der Waals surface area contributed by atoms with E-state index in [4.69, 9.17) is 4.74 Å². The molecule has 1 aromatic carbocycles. The van der Waals surface area contributed by atoms with Crippen molar-refractivity contribution >= 4 is 5.91 Å². The zero-order valence-corrected chi connectivity index (χ0v) is 11.3. The monoisotopic (exact) mass is 263 g/mol. The van der Waals surface area contributed by atoms with Gasteiger partial charge < -0.3 is 15.2 Å². The molecule has 0 aromatic heterocycles. The van der Waals surface area contributed by atoms with Crippen LogP contribution in [0.2, 0.25) is 0 Å². The van der Waals surface area contributed by atoms with Crippen LogP contribution in [-0.4, -0.2) is 24.7 Å². The lowest BCUT2D eigenvalue weighted by Crippen LogP contribution is -2.25. The normalized spacial score (nSPS) is 15.4. The summed E-state index contributed by atoms with van der Waals surface area (Å²) in [7, 11) is 1.54. The van der Waals surface area contributed by atoms with Gasteiger partial charge in [-0.1, -0.05) is 25.7 Å². The Morgan fingerprint density at radius 2 is 2.16 bits per heavy atom. The summed E-state index contributed by atoms with van der Waals surface area (Å²) in [5, 5.41) is 12.6. The summed E-state index contributed by atoms with van der Waals surface area (Å²) in [5.41, 5.74) is 0.269. The highest BCUT2D eigenvalue weighted by Crippen LogP contribution is 2.27. The van der Waals surface area contributed by atoms with Gasteiger partial charge in [0.05, 0.1) is 12.7 Å². The second-order valence-corrected chi connectivity index (χ2v) is 5.08. The number of methoxy groups -OCH3 is 1. The molecule has 0 heterocycles. The molecular weight excluding hydrogens is 242 g/mol. The van der Waals surface area contributed by atoms with Crippen LogP contribution in [0.1, 0.15) is 42.5 Å². The molecule has 104 valence electrons. The lowest BCUT2D eigenvalue weighted by molar-refractivity contribution is 0.0948. The van der Waals surface area contributed by atoms with Crippen molar-refractivity contribution in [1.29, 1.82) is 0 Å². The SMILES string of the molecule is COc1ccc(O)c(C(=O)NCCC2CCCC2)c1. The Kier molecular flexibility index (Phi) is 4.66. The fraction of sp³-hybridized carbons (Fsp3) is 0.533. The molecule has 0 unspecified atom stereocenters. The summed E-state index contributed by atoms with van der Waals surface area (Å²) in [6, 6.07) is 4.66. The molecule has 0 spiro atoms. The third-order valence-electron chi connectivity index (χ3n) is 3.76. The van der Waals surface area contributed by atoms with Crippen LogP contribution in [0.25, 0.3) is 0 Å². The summed E-state index contributed by atoms with van der Waals surface area (Å²) in [4.78, 5) is 12.0. The van der Waals surface area contributed by atoms with E-state index in [-0.39, 0.29) is 17.2 Å². The molecule has 0 aliphatic heterocycles. The molecule has 0 saturated heterocycles. The van der Waals surface area contributed by atoms with Crippen molar-refractivity contribution in [3.8, 4) is 11.5 Å². The highest BCUT2D eigenvalue weighted by atomic mass is 16.5. The summed E-state index contributed by atoms with van der Waals surface area (Å²) in [5.74, 6) is 1.06. The summed E-state index contributed by atoms with van der Waals surface area (Å²) >= 11 is 0. The van der Waals surface area contributed by atoms with Crippen molar-refractivity contribution in [2.75, 3.05) is 13.7 Å². The Morgan fingerprint density at radius 1 is 1.42 bits per heavy atom. The highest BCUT2D eigenvalue weighted by molar-refractivity contribution is 5.97. The Labute approximate surface area is 113 Å². The van der Waals surface area contributed by atoms with E-state index in [1.807, 2.05) is 0 Å². The number of aromatic hydroxyl groups is 1. The maximum Gasteiger partial charge on any atom is 0.255 e. The van der Waals surface area contributed by atoms with E-state index in [2.05, 4.69) is 5.32 Å². The van der Waals surface area contributed by atoms with Crippen LogP contribution in [0.5, 0.6) is 11.5 Å². The Bertz CT molecular complexity index is 439. The van der Waals surface area contributed by atoms with Gasteiger partial charge in [0.2, 0.25) is 0 Å². The molecule has 4 heteroatoms. The molecule has 0 radical (unpaired) electrons. The van der Waals surface area contributed by atoms with Gasteiger partial charge >= 0.3 is 0 Å². The maximum absolute atomic E-state index is 12.0. The largest absolute Gasteiger partial charge is 0.507 e. The van der Waals surface area contributed by atoms with E-state index in [1.54, 1.807) is 12.1 Å². The molecule has 2 N–H and O–H groups in total. The first-order valence-corrected chi connectivity index (χ1v) is 6.86. The minimum Gasteiger partial charge on any atom is -0.507 e. The molecule has 0 bridgehead atoms. The van der Waals surface area contributed by atoms with Crippen LogP contribution in [-0.2, 0) is 0 Å². The first-order valence-electron chi connectivity index (χ1n) is 6.86. The lowest BCUT2D eigenvalue weighted by Gasteiger charge is -2.11. The lowest BCUT2D eigenvalue weighted by atomic mass is 10.0. The summed E-state index contributed by atoms with van der Waals surface area (Å²) in [6.45, 7) is 0.667. The number of hydrogen-bond donors (Lipinski definition) is 2. The number of ether oxygens (including phenoxy) is 1.